The summed E-state index contributed by atoms with van der Waals surface area (Å²) < 4.78 is 9.64. The van der Waals surface area contributed by atoms with Gasteiger partial charge in [0.1, 0.15) is 0 Å². The number of hydrogen-bond acceptors (Lipinski definition) is 5. The fraction of sp³-hybridized carbons (Fsp3) is 0.150. The summed E-state index contributed by atoms with van der Waals surface area (Å²) >= 11 is 0. The molecule has 1 aromatic heterocycles. The molecule has 0 radical (unpaired) electrons. The van der Waals surface area contributed by atoms with Crippen LogP contribution in [0, 0.1) is 6.92 Å². The number of carbonyl (C=O) groups excluding carboxylic acids is 2. The highest BCUT2D eigenvalue weighted by molar-refractivity contribution is 6.06. The van der Waals surface area contributed by atoms with E-state index in [4.69, 9.17) is 9.72 Å². The normalized spacial score (nSPS) is 10.5. The van der Waals surface area contributed by atoms with E-state index in [-0.39, 0.29) is 0 Å². The molecule has 126 valence electrons. The summed E-state index contributed by atoms with van der Waals surface area (Å²) in [5.41, 5.74) is 3.43. The molecule has 0 atom stereocenters. The zero-order valence-electron chi connectivity index (χ0n) is 14.0. The Kier molecular flexibility index (Phi) is 4.75. The summed E-state index contributed by atoms with van der Waals surface area (Å²) in [6.45, 7) is 1.41. The van der Waals surface area contributed by atoms with Crippen LogP contribution in [0.25, 0.3) is 22.2 Å². The molecule has 0 saturated heterocycles. The third-order valence-electron chi connectivity index (χ3n) is 3.94. The molecule has 0 amide bonds. The molecule has 0 spiro atoms. The Bertz CT molecular complexity index is 935. The van der Waals surface area contributed by atoms with Crippen LogP contribution in [0.2, 0.25) is 0 Å². The predicted octanol–water partition coefficient (Wildman–Crippen LogP) is 3.54. The smallest absolute Gasteiger partial charge is 0.344 e. The van der Waals surface area contributed by atoms with Gasteiger partial charge in [0.05, 0.1) is 23.9 Å². The topological polar surface area (TPSA) is 65.5 Å². The number of nitrogens with zero attached hydrogens (tertiary/aromatic N) is 1. The van der Waals surface area contributed by atoms with Gasteiger partial charge in [-0.1, -0.05) is 48.5 Å². The Morgan fingerprint density at radius 1 is 1.00 bits per heavy atom. The lowest BCUT2D eigenvalue weighted by atomic mass is 9.98. The van der Waals surface area contributed by atoms with E-state index in [0.29, 0.717) is 27.7 Å². The molecule has 0 unspecified atom stereocenters. The number of pyridine rings is 1. The van der Waals surface area contributed by atoms with Crippen LogP contribution in [0.4, 0.5) is 0 Å². The van der Waals surface area contributed by atoms with E-state index in [2.05, 4.69) is 4.74 Å². The molecule has 0 N–H and O–H groups in total. The van der Waals surface area contributed by atoms with Crippen LogP contribution in [-0.4, -0.2) is 30.6 Å². The molecule has 0 aliphatic heterocycles. The summed E-state index contributed by atoms with van der Waals surface area (Å²) in [7, 11) is 1.25. The second kappa shape index (κ2) is 7.13. The maximum absolute atomic E-state index is 12.6. The minimum Gasteiger partial charge on any atom is -0.466 e. The molecule has 5 nitrogen and oxygen atoms in total. The lowest BCUT2D eigenvalue weighted by molar-refractivity contribution is -0.144. The summed E-state index contributed by atoms with van der Waals surface area (Å²) in [6, 6.07) is 17.0. The van der Waals surface area contributed by atoms with Gasteiger partial charge in [0.25, 0.3) is 0 Å². The van der Waals surface area contributed by atoms with Gasteiger partial charge in [-0.25, -0.2) is 14.6 Å². The zero-order valence-corrected chi connectivity index (χ0v) is 14.0. The monoisotopic (exact) mass is 335 g/mol. The van der Waals surface area contributed by atoms with Crippen molar-refractivity contribution in [2.45, 2.75) is 6.92 Å². The lowest BCUT2D eigenvalue weighted by Gasteiger charge is -2.14. The molecule has 0 bridgehead atoms. The van der Waals surface area contributed by atoms with Gasteiger partial charge in [-0.2, -0.15) is 0 Å². The van der Waals surface area contributed by atoms with Crippen molar-refractivity contribution in [3.05, 3.63) is 65.7 Å². The molecule has 1 heterocycles. The second-order valence-electron chi connectivity index (χ2n) is 5.50. The van der Waals surface area contributed by atoms with Crippen LogP contribution in [0.5, 0.6) is 0 Å². The van der Waals surface area contributed by atoms with Crippen LogP contribution in [-0.2, 0) is 14.3 Å². The van der Waals surface area contributed by atoms with Crippen molar-refractivity contribution in [1.29, 1.82) is 0 Å². The Morgan fingerprint density at radius 3 is 2.40 bits per heavy atom. The SMILES string of the molecule is COC(=O)COC(=O)c1c(C)c(-c2ccccc2)nc2ccccc12. The van der Waals surface area contributed by atoms with Crippen molar-refractivity contribution in [2.75, 3.05) is 13.7 Å². The average molecular weight is 335 g/mol. The maximum atomic E-state index is 12.6. The maximum Gasteiger partial charge on any atom is 0.344 e. The summed E-state index contributed by atoms with van der Waals surface area (Å²) in [5, 5.41) is 0.689. The zero-order chi connectivity index (χ0) is 17.8. The van der Waals surface area contributed by atoms with Crippen LogP contribution >= 0.6 is 0 Å². The van der Waals surface area contributed by atoms with Gasteiger partial charge in [0, 0.05) is 10.9 Å². The molecule has 5 heteroatoms. The number of para-hydroxylation sites is 1. The Balaban J connectivity index is 2.14. The number of esters is 2. The summed E-state index contributed by atoms with van der Waals surface area (Å²) in [5.74, 6) is -1.17. The van der Waals surface area contributed by atoms with Crippen molar-refractivity contribution in [1.82, 2.24) is 4.98 Å². The number of carbonyl (C=O) groups is 2. The Morgan fingerprint density at radius 2 is 1.68 bits per heavy atom. The average Bonchev–Trinajstić information content (AvgIpc) is 2.66. The molecular weight excluding hydrogens is 318 g/mol. The minimum absolute atomic E-state index is 0.411. The van der Waals surface area contributed by atoms with E-state index in [9.17, 15) is 9.59 Å². The highest BCUT2D eigenvalue weighted by Crippen LogP contribution is 2.30. The second-order valence-corrected chi connectivity index (χ2v) is 5.50. The van der Waals surface area contributed by atoms with Crippen molar-refractivity contribution in [2.24, 2.45) is 0 Å². The fourth-order valence-corrected chi connectivity index (χ4v) is 2.70. The van der Waals surface area contributed by atoms with Gasteiger partial charge in [0.15, 0.2) is 6.61 Å². The van der Waals surface area contributed by atoms with Crippen LogP contribution in [0.15, 0.2) is 54.6 Å². The molecule has 0 saturated carbocycles. The number of aromatic nitrogens is 1. The van der Waals surface area contributed by atoms with Crippen molar-refractivity contribution >= 4 is 22.8 Å². The van der Waals surface area contributed by atoms with Crippen molar-refractivity contribution < 1.29 is 19.1 Å². The number of fused-ring (bicyclic) bond motifs is 1. The molecule has 3 rings (SSSR count). The molecule has 0 aliphatic carbocycles. The minimum atomic E-state index is -0.604. The first kappa shape index (κ1) is 16.6. The standard InChI is InChI=1S/C20H17NO4/c1-13-18(20(23)25-12-17(22)24-2)15-10-6-7-11-16(15)21-19(13)14-8-4-3-5-9-14/h3-11H,12H2,1-2H3. The lowest BCUT2D eigenvalue weighted by Crippen LogP contribution is -2.16. The van der Waals surface area contributed by atoms with Gasteiger partial charge in [-0.05, 0) is 18.6 Å². The van der Waals surface area contributed by atoms with Crippen LogP contribution < -0.4 is 0 Å². The van der Waals surface area contributed by atoms with E-state index >= 15 is 0 Å². The highest BCUT2D eigenvalue weighted by atomic mass is 16.6. The molecule has 2 aromatic carbocycles. The van der Waals surface area contributed by atoms with Crippen LogP contribution in [0.1, 0.15) is 15.9 Å². The van der Waals surface area contributed by atoms with Crippen LogP contribution in [0.3, 0.4) is 0 Å². The Hall–Kier alpha value is -3.21. The number of rotatable bonds is 4. The largest absolute Gasteiger partial charge is 0.466 e. The molecule has 25 heavy (non-hydrogen) atoms. The first-order chi connectivity index (χ1) is 12.1. The van der Waals surface area contributed by atoms with Crippen molar-refractivity contribution in [3.8, 4) is 11.3 Å². The Labute approximate surface area is 145 Å². The predicted molar refractivity (Wildman–Crippen MR) is 94.2 cm³/mol. The summed E-state index contributed by atoms with van der Waals surface area (Å²) in [4.78, 5) is 28.6. The van der Waals surface area contributed by atoms with E-state index in [1.54, 1.807) is 0 Å². The van der Waals surface area contributed by atoms with Crippen molar-refractivity contribution in [3.63, 3.8) is 0 Å². The molecule has 0 fully saturated rings. The molecular formula is C20H17NO4. The third-order valence-corrected chi connectivity index (χ3v) is 3.94. The van der Waals surface area contributed by atoms with E-state index in [0.717, 1.165) is 5.56 Å². The van der Waals surface area contributed by atoms with Gasteiger partial charge in [0.2, 0.25) is 0 Å². The number of benzene rings is 2. The molecule has 3 aromatic rings. The van der Waals surface area contributed by atoms with Gasteiger partial charge >= 0.3 is 11.9 Å². The first-order valence-electron chi connectivity index (χ1n) is 7.80. The number of methoxy groups -OCH3 is 1. The highest BCUT2D eigenvalue weighted by Gasteiger charge is 2.20. The fourth-order valence-electron chi connectivity index (χ4n) is 2.70. The van der Waals surface area contributed by atoms with E-state index in [1.807, 2.05) is 61.5 Å². The quantitative estimate of drug-likeness (QED) is 0.682. The van der Waals surface area contributed by atoms with Gasteiger partial charge < -0.3 is 9.47 Å². The van der Waals surface area contributed by atoms with E-state index in [1.165, 1.54) is 7.11 Å². The van der Waals surface area contributed by atoms with Gasteiger partial charge in [-0.15, -0.1) is 0 Å². The number of ether oxygens (including phenoxy) is 2. The molecule has 0 aliphatic rings. The third kappa shape index (κ3) is 3.35. The number of hydrogen-bond donors (Lipinski definition) is 0. The van der Waals surface area contributed by atoms with Gasteiger partial charge in [-0.3, -0.25) is 0 Å². The first-order valence-corrected chi connectivity index (χ1v) is 7.80. The summed E-state index contributed by atoms with van der Waals surface area (Å²) in [6.07, 6.45) is 0. The van der Waals surface area contributed by atoms with E-state index < -0.39 is 18.5 Å².